The van der Waals surface area contributed by atoms with Crippen molar-refractivity contribution in [2.45, 2.75) is 43.8 Å². The molecule has 0 atom stereocenters. The van der Waals surface area contributed by atoms with Crippen LogP contribution in [0, 0.1) is 0 Å². The van der Waals surface area contributed by atoms with Gasteiger partial charge in [0.2, 0.25) is 0 Å². The molecular formula is C16H24BN2O2S. The van der Waals surface area contributed by atoms with E-state index in [1.165, 1.54) is 0 Å². The zero-order chi connectivity index (χ0) is 16.5. The summed E-state index contributed by atoms with van der Waals surface area (Å²) in [6.07, 6.45) is 1.92. The maximum Gasteiger partial charge on any atom is 0.331 e. The molecule has 0 saturated carbocycles. The Labute approximate surface area is 137 Å². The van der Waals surface area contributed by atoms with Crippen molar-refractivity contribution in [1.82, 2.24) is 9.29 Å². The summed E-state index contributed by atoms with van der Waals surface area (Å²) < 4.78 is 7.96. The van der Waals surface area contributed by atoms with Crippen LogP contribution in [0.3, 0.4) is 0 Å². The van der Waals surface area contributed by atoms with E-state index in [0.717, 1.165) is 21.3 Å². The first-order valence-electron chi connectivity index (χ1n) is 7.30. The van der Waals surface area contributed by atoms with E-state index in [4.69, 9.17) is 4.65 Å². The van der Waals surface area contributed by atoms with E-state index in [0.29, 0.717) is 0 Å². The minimum Gasteiger partial charge on any atom is -0.427 e. The predicted octanol–water partition coefficient (Wildman–Crippen LogP) is 2.55. The molecule has 0 aliphatic carbocycles. The number of hydrogen-bond acceptors (Lipinski definition) is 4. The topological polar surface area (TPSA) is 48.5 Å². The van der Waals surface area contributed by atoms with E-state index in [9.17, 15) is 5.11 Å². The molecule has 0 spiro atoms. The fraction of sp³-hybridized carbons (Fsp3) is 0.500. The smallest absolute Gasteiger partial charge is 0.331 e. The average molecular weight is 319 g/mol. The Morgan fingerprint density at radius 3 is 2.50 bits per heavy atom. The molecule has 0 aliphatic heterocycles. The lowest BCUT2D eigenvalue weighted by atomic mass is 9.81. The number of fused-ring (bicyclic) bond motifs is 1. The number of aliphatic hydroxyl groups is 1. The molecule has 1 aromatic heterocycles. The van der Waals surface area contributed by atoms with Gasteiger partial charge in [-0.05, 0) is 82.8 Å². The van der Waals surface area contributed by atoms with Gasteiger partial charge in [0.1, 0.15) is 0 Å². The number of aromatic amines is 1. The molecule has 0 saturated heterocycles. The normalized spacial score (nSPS) is 13.1. The molecule has 22 heavy (non-hydrogen) atoms. The number of hydrogen-bond donors (Lipinski definition) is 2. The Morgan fingerprint density at radius 2 is 1.91 bits per heavy atom. The molecular weight excluding hydrogens is 295 g/mol. The lowest BCUT2D eigenvalue weighted by Gasteiger charge is -2.37. The van der Waals surface area contributed by atoms with E-state index in [-0.39, 0.29) is 0 Å². The van der Waals surface area contributed by atoms with E-state index in [1.807, 2.05) is 40.2 Å². The van der Waals surface area contributed by atoms with Gasteiger partial charge in [0.15, 0.2) is 0 Å². The van der Waals surface area contributed by atoms with Crippen LogP contribution in [0.5, 0.6) is 0 Å². The highest BCUT2D eigenvalue weighted by Gasteiger charge is 2.35. The number of nitrogens with one attached hydrogen (secondary N) is 1. The van der Waals surface area contributed by atoms with Gasteiger partial charge in [0.25, 0.3) is 0 Å². The molecule has 1 radical (unpaired) electrons. The monoisotopic (exact) mass is 319 g/mol. The second-order valence-corrected chi connectivity index (χ2v) is 8.04. The number of aromatic nitrogens is 1. The van der Waals surface area contributed by atoms with Gasteiger partial charge in [0, 0.05) is 16.6 Å². The first kappa shape index (κ1) is 17.4. The predicted molar refractivity (Wildman–Crippen MR) is 94.7 cm³/mol. The Bertz CT molecular complexity index is 647. The fourth-order valence-electron chi connectivity index (χ4n) is 1.88. The van der Waals surface area contributed by atoms with Crippen LogP contribution in [0.1, 0.15) is 27.7 Å². The van der Waals surface area contributed by atoms with Gasteiger partial charge in [-0.1, -0.05) is 0 Å². The van der Waals surface area contributed by atoms with Crippen LogP contribution >= 0.6 is 11.9 Å². The van der Waals surface area contributed by atoms with Crippen LogP contribution in [0.2, 0.25) is 0 Å². The minimum atomic E-state index is -0.934. The molecule has 0 unspecified atom stereocenters. The quantitative estimate of drug-likeness (QED) is 0.635. The van der Waals surface area contributed by atoms with E-state index < -0.39 is 11.2 Å². The van der Waals surface area contributed by atoms with Gasteiger partial charge < -0.3 is 14.7 Å². The number of benzene rings is 1. The van der Waals surface area contributed by atoms with Crippen molar-refractivity contribution < 1.29 is 9.76 Å². The summed E-state index contributed by atoms with van der Waals surface area (Å²) in [5, 5.41) is 11.3. The molecule has 4 nitrogen and oxygen atoms in total. The fourth-order valence-corrected chi connectivity index (χ4v) is 2.66. The maximum absolute atomic E-state index is 10.2. The lowest BCUT2D eigenvalue weighted by Crippen LogP contribution is -2.49. The molecule has 119 valence electrons. The molecule has 2 rings (SSSR count). The van der Waals surface area contributed by atoms with Crippen LogP contribution in [-0.2, 0) is 4.65 Å². The summed E-state index contributed by atoms with van der Waals surface area (Å²) in [5.41, 5.74) is 0.458. The second kappa shape index (κ2) is 6.28. The van der Waals surface area contributed by atoms with Gasteiger partial charge in [-0.15, -0.1) is 0 Å². The molecule has 6 heteroatoms. The van der Waals surface area contributed by atoms with E-state index in [2.05, 4.69) is 21.4 Å². The van der Waals surface area contributed by atoms with Gasteiger partial charge in [-0.25, -0.2) is 0 Å². The van der Waals surface area contributed by atoms with Gasteiger partial charge in [0.05, 0.1) is 11.2 Å². The van der Waals surface area contributed by atoms with Crippen molar-refractivity contribution in [3.05, 3.63) is 24.4 Å². The Balaban J connectivity index is 2.28. The highest BCUT2D eigenvalue weighted by atomic mass is 32.2. The van der Waals surface area contributed by atoms with Gasteiger partial charge >= 0.3 is 7.48 Å². The summed E-state index contributed by atoms with van der Waals surface area (Å²) in [6, 6.07) is 6.26. The molecule has 1 heterocycles. The third kappa shape index (κ3) is 3.87. The van der Waals surface area contributed by atoms with Crippen LogP contribution in [0.15, 0.2) is 29.3 Å². The summed E-state index contributed by atoms with van der Waals surface area (Å²) in [7, 11) is 5.77. The summed E-state index contributed by atoms with van der Waals surface area (Å²) in [5.74, 6) is 0. The third-order valence-electron chi connectivity index (χ3n) is 3.92. The maximum atomic E-state index is 10.2. The number of H-pyrrole nitrogens is 1. The zero-order valence-electron chi connectivity index (χ0n) is 14.1. The first-order valence-corrected chi connectivity index (χ1v) is 8.07. The largest absolute Gasteiger partial charge is 0.427 e. The van der Waals surface area contributed by atoms with Crippen LogP contribution in [0.25, 0.3) is 10.9 Å². The van der Waals surface area contributed by atoms with Crippen molar-refractivity contribution in [2.75, 3.05) is 14.1 Å². The van der Waals surface area contributed by atoms with Crippen molar-refractivity contribution >= 4 is 35.8 Å². The van der Waals surface area contributed by atoms with Crippen molar-refractivity contribution in [3.63, 3.8) is 0 Å². The lowest BCUT2D eigenvalue weighted by molar-refractivity contribution is -0.0893. The Hall–Kier alpha value is -0.945. The van der Waals surface area contributed by atoms with Gasteiger partial charge in [-0.2, -0.15) is 0 Å². The standard InChI is InChI=1S/C16H24BN2O2S/c1-15(2,20)16(3,4)21-17-13-9-11(22-19(5)6)10-14-12(13)7-8-18-14/h7-10,18,20H,1-6H3. The summed E-state index contributed by atoms with van der Waals surface area (Å²) in [6.45, 7) is 7.28. The number of rotatable bonds is 6. The SMILES string of the molecule is CN(C)Sc1cc([B]OC(C)(C)C(C)(C)O)c2cc[nH]c2c1. The second-order valence-electron chi connectivity index (χ2n) is 6.66. The van der Waals surface area contributed by atoms with Crippen molar-refractivity contribution in [3.8, 4) is 0 Å². The Morgan fingerprint density at radius 1 is 1.23 bits per heavy atom. The molecule has 1 aromatic carbocycles. The van der Waals surface area contributed by atoms with Gasteiger partial charge in [-0.3, -0.25) is 4.31 Å². The molecule has 0 bridgehead atoms. The highest BCUT2D eigenvalue weighted by molar-refractivity contribution is 7.97. The van der Waals surface area contributed by atoms with Crippen molar-refractivity contribution in [1.29, 1.82) is 0 Å². The summed E-state index contributed by atoms with van der Waals surface area (Å²) in [4.78, 5) is 4.38. The number of nitrogens with zero attached hydrogens (tertiary/aromatic N) is 1. The third-order valence-corrected chi connectivity index (χ3v) is 4.73. The minimum absolute atomic E-state index is 0.680. The summed E-state index contributed by atoms with van der Waals surface area (Å²) >= 11 is 1.66. The van der Waals surface area contributed by atoms with Crippen LogP contribution in [0.4, 0.5) is 0 Å². The Kier molecular flexibility index (Phi) is 4.97. The van der Waals surface area contributed by atoms with Crippen LogP contribution < -0.4 is 5.46 Å². The highest BCUT2D eigenvalue weighted by Crippen LogP contribution is 2.26. The van der Waals surface area contributed by atoms with Crippen molar-refractivity contribution in [2.24, 2.45) is 0 Å². The molecule has 2 aromatic rings. The molecule has 0 aliphatic rings. The average Bonchev–Trinajstić information content (AvgIpc) is 2.82. The zero-order valence-corrected chi connectivity index (χ0v) is 14.9. The van der Waals surface area contributed by atoms with E-state index >= 15 is 0 Å². The first-order chi connectivity index (χ1) is 10.1. The molecule has 0 amide bonds. The van der Waals surface area contributed by atoms with E-state index in [1.54, 1.807) is 33.3 Å². The molecule has 2 N–H and O–H groups in total. The molecule has 0 fully saturated rings. The van der Waals surface area contributed by atoms with Crippen LogP contribution in [-0.4, -0.2) is 47.2 Å².